The molecular weight excluding hydrogens is 442 g/mol. The molecule has 1 aliphatic heterocycles. The molecule has 0 radical (unpaired) electrons. The minimum absolute atomic E-state index is 0.225. The number of benzene rings is 1. The molecule has 3 heterocycles. The number of aryl methyl sites for hydroxylation is 2. The summed E-state index contributed by atoms with van der Waals surface area (Å²) in [6, 6.07) is 4.48. The van der Waals surface area contributed by atoms with Gasteiger partial charge in [-0.1, -0.05) is 0 Å². The number of hydrogen-bond donors (Lipinski definition) is 4. The molecule has 0 atom stereocenters. The fraction of sp³-hybridized carbons (Fsp3) is 0.360. The van der Waals surface area contributed by atoms with E-state index < -0.39 is 0 Å². The van der Waals surface area contributed by atoms with E-state index in [0.29, 0.717) is 29.7 Å². The van der Waals surface area contributed by atoms with E-state index in [9.17, 15) is 0 Å². The second kappa shape index (κ2) is 10.6. The zero-order valence-corrected chi connectivity index (χ0v) is 20.5. The van der Waals surface area contributed by atoms with Gasteiger partial charge in [-0.15, -0.1) is 0 Å². The molecule has 0 aliphatic carbocycles. The largest absolute Gasteiger partial charge is 0.433 e. The summed E-state index contributed by atoms with van der Waals surface area (Å²) in [7, 11) is 2.14. The Bertz CT molecular complexity index is 1200. The number of allylic oxidation sites excluding steroid dienone is 1. The van der Waals surface area contributed by atoms with Crippen molar-refractivity contribution in [2.24, 2.45) is 5.73 Å². The van der Waals surface area contributed by atoms with Gasteiger partial charge in [-0.3, -0.25) is 4.68 Å². The first kappa shape index (κ1) is 24.2. The number of likely N-dealkylation sites (tertiary alicyclic amines) is 1. The van der Waals surface area contributed by atoms with Crippen molar-refractivity contribution in [1.82, 2.24) is 30.0 Å². The van der Waals surface area contributed by atoms with Gasteiger partial charge in [0.2, 0.25) is 0 Å². The normalized spacial score (nSPS) is 15.2. The highest BCUT2D eigenvalue weighted by molar-refractivity contribution is 5.74. The predicted molar refractivity (Wildman–Crippen MR) is 137 cm³/mol. The van der Waals surface area contributed by atoms with E-state index >= 15 is 0 Å². The molecule has 35 heavy (non-hydrogen) atoms. The number of nitrogens with two attached hydrogens (primary N) is 2. The summed E-state index contributed by atoms with van der Waals surface area (Å²) in [5.41, 5.74) is 17.1. The zero-order chi connectivity index (χ0) is 24.9. The van der Waals surface area contributed by atoms with Gasteiger partial charge in [0.15, 0.2) is 11.6 Å². The van der Waals surface area contributed by atoms with Crippen LogP contribution in [0.5, 0.6) is 11.6 Å². The van der Waals surface area contributed by atoms with Crippen LogP contribution in [-0.4, -0.2) is 51.0 Å². The number of ether oxygens (including phenoxy) is 1. The Kier molecular flexibility index (Phi) is 7.31. The van der Waals surface area contributed by atoms with Crippen LogP contribution in [0.3, 0.4) is 0 Å². The lowest BCUT2D eigenvalue weighted by Gasteiger charge is -2.28. The smallest absolute Gasteiger partial charge is 0.263 e. The van der Waals surface area contributed by atoms with Gasteiger partial charge in [0.25, 0.3) is 5.88 Å². The molecule has 184 valence electrons. The van der Waals surface area contributed by atoms with Gasteiger partial charge in [0.1, 0.15) is 0 Å². The maximum absolute atomic E-state index is 7.38. The molecule has 0 bridgehead atoms. The molecule has 1 fully saturated rings. The number of hydrogen-bond acceptors (Lipinski definition) is 9. The molecule has 1 aromatic carbocycles. The number of piperidine rings is 1. The molecule has 0 spiro atoms. The van der Waals surface area contributed by atoms with Gasteiger partial charge in [-0.05, 0) is 75.6 Å². The first-order valence-corrected chi connectivity index (χ1v) is 11.7. The molecule has 0 amide bonds. The molecule has 1 aliphatic rings. The predicted octanol–water partition coefficient (Wildman–Crippen LogP) is 3.14. The Morgan fingerprint density at radius 1 is 1.23 bits per heavy atom. The van der Waals surface area contributed by atoms with E-state index in [1.807, 2.05) is 24.7 Å². The number of nitrogens with zero attached hydrogens (tertiary/aromatic N) is 5. The number of rotatable bonds is 8. The van der Waals surface area contributed by atoms with Crippen molar-refractivity contribution in [3.8, 4) is 22.9 Å². The number of nitrogen functional groups attached to an aromatic ring is 1. The summed E-state index contributed by atoms with van der Waals surface area (Å²) >= 11 is 0. The van der Waals surface area contributed by atoms with Crippen LogP contribution in [0.4, 0.5) is 5.82 Å². The number of anilines is 1. The first-order chi connectivity index (χ1) is 16.9. The van der Waals surface area contributed by atoms with E-state index in [2.05, 4.69) is 44.5 Å². The highest BCUT2D eigenvalue weighted by Gasteiger charge is 2.20. The Labute approximate surface area is 205 Å². The lowest BCUT2D eigenvalue weighted by Crippen LogP contribution is -2.31. The fourth-order valence-corrected chi connectivity index (χ4v) is 4.31. The van der Waals surface area contributed by atoms with Crippen LogP contribution in [0.15, 0.2) is 42.6 Å². The average molecular weight is 476 g/mol. The summed E-state index contributed by atoms with van der Waals surface area (Å²) in [6.45, 7) is 6.77. The molecule has 3 aromatic rings. The second-order valence-electron chi connectivity index (χ2n) is 8.95. The van der Waals surface area contributed by atoms with Crippen molar-refractivity contribution in [1.29, 1.82) is 5.41 Å². The molecule has 1 saturated heterocycles. The molecular formula is C25H33N9O. The van der Waals surface area contributed by atoms with E-state index in [0.717, 1.165) is 48.2 Å². The maximum Gasteiger partial charge on any atom is 0.263 e. The van der Waals surface area contributed by atoms with Gasteiger partial charge in [-0.25, -0.2) is 9.97 Å². The van der Waals surface area contributed by atoms with Crippen LogP contribution >= 0.6 is 0 Å². The van der Waals surface area contributed by atoms with Gasteiger partial charge >= 0.3 is 0 Å². The Balaban J connectivity index is 1.52. The van der Waals surface area contributed by atoms with Crippen LogP contribution in [0.1, 0.15) is 35.6 Å². The summed E-state index contributed by atoms with van der Waals surface area (Å²) in [5.74, 6) is 1.07. The molecule has 6 N–H and O–H groups in total. The zero-order valence-electron chi connectivity index (χ0n) is 20.5. The van der Waals surface area contributed by atoms with Gasteiger partial charge in [-0.2, -0.15) is 5.10 Å². The van der Waals surface area contributed by atoms with Crippen LogP contribution < -0.4 is 21.5 Å². The average Bonchev–Trinajstić information content (AvgIpc) is 3.31. The van der Waals surface area contributed by atoms with Gasteiger partial charge in [0.05, 0.1) is 36.0 Å². The van der Waals surface area contributed by atoms with Crippen molar-refractivity contribution in [2.75, 3.05) is 25.9 Å². The molecule has 0 unspecified atom stereocenters. The van der Waals surface area contributed by atoms with Gasteiger partial charge in [0, 0.05) is 24.5 Å². The Hall–Kier alpha value is -3.92. The lowest BCUT2D eigenvalue weighted by molar-refractivity contribution is 0.212. The Morgan fingerprint density at radius 3 is 2.60 bits per heavy atom. The highest BCUT2D eigenvalue weighted by Crippen LogP contribution is 2.30. The third-order valence-electron chi connectivity index (χ3n) is 6.42. The van der Waals surface area contributed by atoms with E-state index in [4.69, 9.17) is 21.6 Å². The van der Waals surface area contributed by atoms with Crippen molar-refractivity contribution in [3.05, 3.63) is 59.3 Å². The SMILES string of the molecule is Cc1cc(-c2cnc(N)c(Oc3cnn(C4CCN(C)CC4)c3)n2)cc(C)c1CN/C(C=N)=C/N. The maximum atomic E-state index is 7.38. The summed E-state index contributed by atoms with van der Waals surface area (Å²) in [5, 5.41) is 15.0. The van der Waals surface area contributed by atoms with Gasteiger partial charge < -0.3 is 31.8 Å². The molecule has 10 nitrogen and oxygen atoms in total. The summed E-state index contributed by atoms with van der Waals surface area (Å²) in [4.78, 5) is 11.3. The van der Waals surface area contributed by atoms with Crippen LogP contribution in [-0.2, 0) is 6.54 Å². The number of nitrogens with one attached hydrogen (secondary N) is 2. The minimum atomic E-state index is 0.225. The third-order valence-corrected chi connectivity index (χ3v) is 6.42. The second-order valence-corrected chi connectivity index (χ2v) is 8.95. The lowest BCUT2D eigenvalue weighted by atomic mass is 9.98. The third kappa shape index (κ3) is 5.60. The van der Waals surface area contributed by atoms with Crippen LogP contribution in [0.25, 0.3) is 11.3 Å². The minimum Gasteiger partial charge on any atom is -0.433 e. The van der Waals surface area contributed by atoms with E-state index in [-0.39, 0.29) is 11.7 Å². The van der Waals surface area contributed by atoms with Crippen molar-refractivity contribution < 1.29 is 4.74 Å². The summed E-state index contributed by atoms with van der Waals surface area (Å²) < 4.78 is 7.97. The first-order valence-electron chi connectivity index (χ1n) is 11.7. The standard InChI is InChI=1S/C25H33N9O/c1-16-8-18(9-17(2)22(16)13-29-19(10-26)11-27)23-14-30-24(28)25(32-23)35-21-12-31-34(15-21)20-4-6-33(3)7-5-20/h8-12,14-15,20,26,29H,4-7,13,27H2,1-3H3,(H2,28,30)/b19-11+,26-10?. The monoisotopic (exact) mass is 475 g/mol. The molecule has 0 saturated carbocycles. The van der Waals surface area contributed by atoms with Crippen molar-refractivity contribution >= 4 is 12.0 Å². The topological polar surface area (TPSA) is 144 Å². The molecule has 4 rings (SSSR count). The van der Waals surface area contributed by atoms with Crippen molar-refractivity contribution in [2.45, 2.75) is 39.3 Å². The van der Waals surface area contributed by atoms with Crippen molar-refractivity contribution in [3.63, 3.8) is 0 Å². The Morgan fingerprint density at radius 2 is 1.94 bits per heavy atom. The van der Waals surface area contributed by atoms with E-state index in [1.54, 1.807) is 12.4 Å². The summed E-state index contributed by atoms with van der Waals surface area (Å²) in [6.07, 6.45) is 9.95. The van der Waals surface area contributed by atoms with Crippen LogP contribution in [0, 0.1) is 19.3 Å². The highest BCUT2D eigenvalue weighted by atomic mass is 16.5. The quantitative estimate of drug-likeness (QED) is 0.364. The van der Waals surface area contributed by atoms with E-state index in [1.165, 1.54) is 12.4 Å². The number of aromatic nitrogens is 4. The molecule has 10 heteroatoms. The van der Waals surface area contributed by atoms with Crippen LogP contribution in [0.2, 0.25) is 0 Å². The fourth-order valence-electron chi connectivity index (χ4n) is 4.31. The molecule has 2 aromatic heterocycles.